The van der Waals surface area contributed by atoms with Crippen molar-refractivity contribution in [2.45, 2.75) is 102 Å². The smallest absolute Gasteiger partial charge is 0.310 e. The zero-order chi connectivity index (χ0) is 144. The van der Waals surface area contributed by atoms with Gasteiger partial charge in [0, 0.05) is 21.9 Å². The van der Waals surface area contributed by atoms with Crippen LogP contribution in [0, 0.1) is 0 Å². The van der Waals surface area contributed by atoms with Crippen LogP contribution in [0.2, 0.25) is 0 Å². The number of rotatable bonds is 24. The lowest BCUT2D eigenvalue weighted by molar-refractivity contribution is -0.139. The third-order valence-corrected chi connectivity index (χ3v) is 19.2. The van der Waals surface area contributed by atoms with Crippen molar-refractivity contribution in [3.8, 4) is 46.0 Å². The highest BCUT2D eigenvalue weighted by Gasteiger charge is 2.22. The van der Waals surface area contributed by atoms with Gasteiger partial charge in [-0.15, -0.1) is 0 Å². The van der Waals surface area contributed by atoms with Crippen molar-refractivity contribution in [2.75, 3.05) is 56.6 Å². The number of hydrogen-bond donors (Lipinski definition) is 8. The zero-order valence-electron chi connectivity index (χ0n) is 124. The van der Waals surface area contributed by atoms with Gasteiger partial charge in [0.15, 0.2) is 0 Å². The van der Waals surface area contributed by atoms with Crippen LogP contribution in [0.5, 0.6) is 46.0 Å². The molecule has 0 fully saturated rings. The topological polar surface area (TPSA) is 372 Å². The Hall–Kier alpha value is -16.2. The van der Waals surface area contributed by atoms with Crippen molar-refractivity contribution >= 4 is 134 Å². The summed E-state index contributed by atoms with van der Waals surface area (Å²) in [7, 11) is -5.61. The van der Waals surface area contributed by atoms with Crippen molar-refractivity contribution < 1.29 is 188 Å². The summed E-state index contributed by atoms with van der Waals surface area (Å²) in [4.78, 5) is 90.3. The minimum absolute atomic E-state index is 0.00228. The van der Waals surface area contributed by atoms with Crippen molar-refractivity contribution in [1.82, 2.24) is 0 Å². The Balaban J connectivity index is 0.000000234. The average Bonchev–Trinajstić information content (AvgIpc) is 0.722. The molecule has 0 radical (unpaired) electrons. The summed E-state index contributed by atoms with van der Waals surface area (Å²) in [5.41, 5.74) is -1.56. The number of benzene rings is 16. The van der Waals surface area contributed by atoms with E-state index in [1.165, 1.54) is 133 Å². The molecule has 0 aliphatic carbocycles. The Labute approximate surface area is 861 Å². The first-order valence-electron chi connectivity index (χ1n) is 65.0. The van der Waals surface area contributed by atoms with Gasteiger partial charge in [-0.25, -0.2) is 0 Å². The van der Waals surface area contributed by atoms with E-state index in [2.05, 4.69) is 0 Å². The quantitative estimate of drug-likeness (QED) is 0.0278. The molecular weight excluding hydrogens is 1730 g/mol. The molecule has 8 atom stereocenters. The van der Waals surface area contributed by atoms with Gasteiger partial charge in [-0.3, -0.25) is 38.4 Å². The summed E-state index contributed by atoms with van der Waals surface area (Å²) >= 11 is 0. The number of carboxylic acid groups (broad SMARTS) is 8. The summed E-state index contributed by atoms with van der Waals surface area (Å²) in [6.07, 6.45) is 0. The van der Waals surface area contributed by atoms with E-state index in [0.29, 0.717) is 27.1 Å². The second kappa shape index (κ2) is 48.8. The highest BCUT2D eigenvalue weighted by molar-refractivity contribution is 5.94. The fraction of sp³-hybridized carbons (Fsp3) is 0.214. The van der Waals surface area contributed by atoms with Gasteiger partial charge >= 0.3 is 47.8 Å². The fourth-order valence-corrected chi connectivity index (χ4v) is 11.5. The van der Waals surface area contributed by atoms with Crippen molar-refractivity contribution in [1.29, 1.82) is 0 Å². The lowest BCUT2D eigenvalue weighted by Crippen LogP contribution is -2.06. The monoisotopic (exact) mass is 1890 g/mol. The highest BCUT2D eigenvalue weighted by Crippen LogP contribution is 2.35. The molecule has 136 heavy (non-hydrogen) atoms. The molecule has 0 heterocycles. The molecule has 0 amide bonds. The lowest BCUT2D eigenvalue weighted by Gasteiger charge is -2.08. The van der Waals surface area contributed by atoms with Crippen molar-refractivity contribution in [3.05, 3.63) is 335 Å². The molecule has 16 aromatic rings. The number of fused-ring (bicyclic) bond motifs is 8. The van der Waals surface area contributed by atoms with Crippen molar-refractivity contribution in [3.63, 3.8) is 0 Å². The van der Waals surface area contributed by atoms with Gasteiger partial charge < -0.3 is 78.7 Å². The zero-order valence-corrected chi connectivity index (χ0v) is 72.3. The molecule has 24 nitrogen and oxygen atoms in total. The van der Waals surface area contributed by atoms with Crippen LogP contribution >= 0.6 is 0 Å². The number of aliphatic carboxylic acids is 8. The Morgan fingerprint density at radius 2 is 0.426 bits per heavy atom. The van der Waals surface area contributed by atoms with E-state index in [9.17, 15) is 63.9 Å². The Bertz CT molecular complexity index is 9730. The van der Waals surface area contributed by atoms with Gasteiger partial charge in [0.05, 0.1) is 153 Å². The normalized spacial score (nSPS) is 19.5. The third-order valence-electron chi connectivity index (χ3n) is 19.2. The number of carbonyl (C=O) groups is 8. The van der Waals surface area contributed by atoms with Crippen LogP contribution in [0.3, 0.4) is 0 Å². The molecule has 24 heteroatoms. The first-order valence-corrected chi connectivity index (χ1v) is 39.0. The van der Waals surface area contributed by atoms with Crippen LogP contribution in [-0.4, -0.2) is 145 Å². The predicted octanol–water partition coefficient (Wildman–Crippen LogP) is 24.3. The molecule has 0 aliphatic heterocycles. The molecule has 0 aliphatic rings. The van der Waals surface area contributed by atoms with Gasteiger partial charge in [-0.1, -0.05) is 194 Å². The number of carboxylic acids is 8. The molecule has 0 saturated carbocycles. The summed E-state index contributed by atoms with van der Waals surface area (Å²) < 4.78 is 436. The molecule has 16 aromatic carbocycles. The second-order valence-electron chi connectivity index (χ2n) is 28.0. The van der Waals surface area contributed by atoms with E-state index >= 15 is 0 Å². The highest BCUT2D eigenvalue weighted by atomic mass is 16.5. The lowest BCUT2D eigenvalue weighted by atomic mass is 9.98. The minimum Gasteiger partial charge on any atom is -0.497 e. The van der Waals surface area contributed by atoms with Crippen LogP contribution in [0.15, 0.2) is 291 Å². The minimum atomic E-state index is -3.41. The molecule has 0 spiro atoms. The Kier molecular flexibility index (Phi) is 18.7. The van der Waals surface area contributed by atoms with Gasteiger partial charge in [0.1, 0.15) is 46.0 Å². The fourth-order valence-electron chi connectivity index (χ4n) is 11.5. The van der Waals surface area contributed by atoms with Crippen LogP contribution in [0.4, 0.5) is 0 Å². The van der Waals surface area contributed by atoms with Gasteiger partial charge in [0.25, 0.3) is 0 Å². The molecule has 0 saturated heterocycles. The van der Waals surface area contributed by atoms with Crippen molar-refractivity contribution in [2.24, 2.45) is 0 Å². The summed E-state index contributed by atoms with van der Waals surface area (Å²) in [5, 5.41) is 76.1. The van der Waals surface area contributed by atoms with Gasteiger partial charge in [-0.05, 0) is 283 Å². The molecule has 704 valence electrons. The van der Waals surface area contributed by atoms with Gasteiger partial charge in [0.2, 0.25) is 0 Å². The van der Waals surface area contributed by atoms with E-state index in [1.807, 2.05) is 0 Å². The molecule has 0 bridgehead atoms. The molecule has 16 rings (SSSR count). The molecule has 8 N–H and O–H groups in total. The van der Waals surface area contributed by atoms with Crippen LogP contribution < -0.4 is 37.9 Å². The van der Waals surface area contributed by atoms with E-state index in [-0.39, 0.29) is 230 Å². The van der Waals surface area contributed by atoms with E-state index < -0.39 is 216 Å². The van der Waals surface area contributed by atoms with Crippen LogP contribution in [-0.2, 0) is 38.4 Å². The van der Waals surface area contributed by atoms with E-state index in [1.54, 1.807) is 25.1 Å². The number of hydrogen-bond acceptors (Lipinski definition) is 16. The maximum absolute atomic E-state index is 11.6. The van der Waals surface area contributed by atoms with E-state index in [4.69, 9.17) is 124 Å². The predicted molar refractivity (Wildman–Crippen MR) is 532 cm³/mol. The summed E-state index contributed by atoms with van der Waals surface area (Å²) in [6.45, 7) is -7.12. The average molecular weight is 1890 g/mol. The first kappa shape index (κ1) is 52.3. The van der Waals surface area contributed by atoms with E-state index in [0.717, 1.165) is 43.3 Å². The van der Waals surface area contributed by atoms with Crippen LogP contribution in [0.1, 0.15) is 218 Å². The summed E-state index contributed by atoms with van der Waals surface area (Å²) in [6, 6.07) is 23.1. The Morgan fingerprint density at radius 1 is 0.213 bits per heavy atom. The first-order chi connectivity index (χ1) is 85.9. The molecule has 8 unspecified atom stereocenters. The third kappa shape index (κ3) is 27.9. The van der Waals surface area contributed by atoms with Gasteiger partial charge in [-0.2, -0.15) is 0 Å². The van der Waals surface area contributed by atoms with Crippen LogP contribution in [0.25, 0.3) is 86.2 Å². The number of ether oxygens (including phenoxy) is 8. The Morgan fingerprint density at radius 3 is 0.713 bits per heavy atom. The molecular formula is C112H112O24. The maximum atomic E-state index is 11.6. The maximum Gasteiger partial charge on any atom is 0.310 e. The molecule has 0 aromatic heterocycles. The number of methoxy groups -OCH3 is 8. The second-order valence-corrected chi connectivity index (χ2v) is 28.0. The standard InChI is InChI=1S/8C14H14O3/c8*1-9(14(15)16)10-3-4-12-8-13(17-2)6-5-11(12)7-10/h8*3-9H,1-2H3,(H,15,16)/i1D3,2D3,3D,4D,7D,9D;2D3,3D,4D,7D,9D;1D3,5D,6D,8D,9D;1D3,2D3,3D,4D,7D;5D,6D,8D,9D;2D3,3D,4D,7D;1D3,5D,6D,8D;5D,6D,8D. The SMILES string of the molecule is [2H]c1c(C(C(=O)O)C([2H])([2H])[2H])c([2H])c2ccc(OC([2H])([2H])[2H])cc2c1[2H].[2H]c1c(C(C)C(=O)O)c([2H])c2ccc(OC([2H])([2H])[2H])cc2c1[2H].[2H]c1c(C([2H])(C(=O)O)C([2H])([2H])[2H])c([2H])c2ccc(OC([2H])([2H])[2H])cc2c1[2H].[2H]c1c(C([2H])(C)C(=O)O)c([2H])c2ccc(OC([2H])([2H])[2H])cc2c1[2H].[2H]c1c(OC)c([2H])c2ccc(C(C(=O)O)C([2H])([2H])[2H])cc2c1[2H].[2H]c1c(OC)c([2H])c2ccc(C(C)C(=O)O)cc2c1[2H].[2H]c1c(OC)c([2H])c2ccc(C([2H])(C(=O)O)C([2H])([2H])[2H])cc2c1[2H].[2H]c1c(OC)c([2H])c2ccc(C([2H])(C)C(=O)O)cc2c1[2H]. The largest absolute Gasteiger partial charge is 0.497 e. The summed E-state index contributed by atoms with van der Waals surface area (Å²) in [5.74, 6) is -28.6.